The third-order valence-corrected chi connectivity index (χ3v) is 4.07. The van der Waals surface area contributed by atoms with Crippen LogP contribution in [0.4, 0.5) is 0 Å². The molecule has 1 aromatic heterocycles. The highest BCUT2D eigenvalue weighted by atomic mass is 16.3. The van der Waals surface area contributed by atoms with Gasteiger partial charge in [0.1, 0.15) is 17.6 Å². The highest BCUT2D eigenvalue weighted by Crippen LogP contribution is 2.33. The first-order valence-corrected chi connectivity index (χ1v) is 6.65. The number of aryl methyl sites for hydroxylation is 5. The minimum atomic E-state index is -0.614. The maximum atomic E-state index is 10.7. The highest BCUT2D eigenvalue weighted by Gasteiger charge is 2.22. The van der Waals surface area contributed by atoms with Gasteiger partial charge >= 0.3 is 0 Å². The Labute approximate surface area is 115 Å². The summed E-state index contributed by atoms with van der Waals surface area (Å²) in [6, 6.07) is 4.21. The normalized spacial score (nSPS) is 12.8. The molecule has 0 saturated carbocycles. The van der Waals surface area contributed by atoms with Gasteiger partial charge in [0.15, 0.2) is 0 Å². The summed E-state index contributed by atoms with van der Waals surface area (Å²) in [6.45, 7) is 12.1. The molecule has 0 spiro atoms. The van der Waals surface area contributed by atoms with E-state index in [0.717, 1.165) is 33.8 Å². The van der Waals surface area contributed by atoms with Gasteiger partial charge in [0.2, 0.25) is 0 Å². The smallest absolute Gasteiger partial charge is 0.108 e. The van der Waals surface area contributed by atoms with Crippen LogP contribution in [-0.4, -0.2) is 5.11 Å². The van der Waals surface area contributed by atoms with Crippen LogP contribution in [0.1, 0.15) is 51.0 Å². The average Bonchev–Trinajstić information content (AvgIpc) is 2.57. The van der Waals surface area contributed by atoms with Crippen molar-refractivity contribution >= 4 is 0 Å². The summed E-state index contributed by atoms with van der Waals surface area (Å²) in [7, 11) is 0. The van der Waals surface area contributed by atoms with Gasteiger partial charge in [-0.3, -0.25) is 0 Å². The number of furan rings is 1. The largest absolute Gasteiger partial charge is 0.466 e. The Kier molecular flexibility index (Phi) is 3.55. The lowest BCUT2D eigenvalue weighted by atomic mass is 9.92. The highest BCUT2D eigenvalue weighted by molar-refractivity contribution is 5.44. The van der Waals surface area contributed by atoms with E-state index in [1.165, 1.54) is 11.1 Å². The average molecular weight is 258 g/mol. The Balaban J connectivity index is 2.56. The van der Waals surface area contributed by atoms with Crippen molar-refractivity contribution in [1.29, 1.82) is 0 Å². The van der Waals surface area contributed by atoms with Crippen LogP contribution < -0.4 is 0 Å². The molecule has 0 fully saturated rings. The molecule has 2 aromatic rings. The minimum Gasteiger partial charge on any atom is -0.466 e. The third-order valence-electron chi connectivity index (χ3n) is 4.07. The molecule has 0 amide bonds. The maximum Gasteiger partial charge on any atom is 0.108 e. The predicted molar refractivity (Wildman–Crippen MR) is 77.6 cm³/mol. The lowest BCUT2D eigenvalue weighted by Gasteiger charge is -2.16. The van der Waals surface area contributed by atoms with Gasteiger partial charge in [-0.25, -0.2) is 0 Å². The monoisotopic (exact) mass is 258 g/mol. The zero-order valence-electron chi connectivity index (χ0n) is 12.6. The molecule has 1 heterocycles. The molecule has 1 atom stereocenters. The van der Waals surface area contributed by atoms with Crippen molar-refractivity contribution < 1.29 is 9.52 Å². The van der Waals surface area contributed by atoms with Crippen LogP contribution in [0.25, 0.3) is 0 Å². The fourth-order valence-corrected chi connectivity index (χ4v) is 2.65. The van der Waals surface area contributed by atoms with E-state index in [2.05, 4.69) is 26.0 Å². The Hall–Kier alpha value is -1.54. The Morgan fingerprint density at radius 2 is 1.42 bits per heavy atom. The molecule has 19 heavy (non-hydrogen) atoms. The zero-order valence-corrected chi connectivity index (χ0v) is 12.6. The summed E-state index contributed by atoms with van der Waals surface area (Å²) < 4.78 is 5.62. The number of hydrogen-bond donors (Lipinski definition) is 1. The minimum absolute atomic E-state index is 0.614. The van der Waals surface area contributed by atoms with Gasteiger partial charge in [-0.2, -0.15) is 0 Å². The molecule has 1 aromatic carbocycles. The van der Waals surface area contributed by atoms with Gasteiger partial charge in [-0.05, 0) is 69.4 Å². The van der Waals surface area contributed by atoms with E-state index >= 15 is 0 Å². The molecule has 0 bridgehead atoms. The summed E-state index contributed by atoms with van der Waals surface area (Å²) in [5, 5.41) is 10.7. The molecule has 1 unspecified atom stereocenters. The number of aliphatic hydroxyl groups is 1. The predicted octanol–water partition coefficient (Wildman–Crippen LogP) is 4.21. The first kappa shape index (κ1) is 13.9. The summed E-state index contributed by atoms with van der Waals surface area (Å²) in [5.41, 5.74) is 6.50. The maximum absolute atomic E-state index is 10.7. The van der Waals surface area contributed by atoms with Gasteiger partial charge in [0.25, 0.3) is 0 Å². The Morgan fingerprint density at radius 1 is 0.842 bits per heavy atom. The van der Waals surface area contributed by atoms with E-state index in [0.29, 0.717) is 0 Å². The number of rotatable bonds is 2. The summed E-state index contributed by atoms with van der Waals surface area (Å²) in [4.78, 5) is 0. The van der Waals surface area contributed by atoms with E-state index < -0.39 is 6.10 Å². The standard InChI is InChI=1S/C17H22O2/c1-9-7-11(3)15(8-10(9)2)17(18)16-12(4)13(5)19-14(16)6/h7-8,17-18H,1-6H3. The van der Waals surface area contributed by atoms with Crippen molar-refractivity contribution in [1.82, 2.24) is 0 Å². The van der Waals surface area contributed by atoms with Gasteiger partial charge in [-0.15, -0.1) is 0 Å². The number of benzene rings is 1. The Bertz CT molecular complexity index is 621. The van der Waals surface area contributed by atoms with Crippen molar-refractivity contribution in [3.63, 3.8) is 0 Å². The van der Waals surface area contributed by atoms with Crippen molar-refractivity contribution in [2.45, 2.75) is 47.6 Å². The zero-order chi connectivity index (χ0) is 14.3. The molecule has 1 N–H and O–H groups in total. The van der Waals surface area contributed by atoms with E-state index in [1.54, 1.807) is 0 Å². The van der Waals surface area contributed by atoms with Crippen molar-refractivity contribution in [2.75, 3.05) is 0 Å². The molecule has 0 saturated heterocycles. The first-order valence-electron chi connectivity index (χ1n) is 6.65. The molecule has 0 radical (unpaired) electrons. The quantitative estimate of drug-likeness (QED) is 0.875. The van der Waals surface area contributed by atoms with Crippen molar-refractivity contribution in [2.24, 2.45) is 0 Å². The van der Waals surface area contributed by atoms with Crippen LogP contribution in [0.5, 0.6) is 0 Å². The summed E-state index contributed by atoms with van der Waals surface area (Å²) in [5.74, 6) is 1.69. The van der Waals surface area contributed by atoms with E-state index in [4.69, 9.17) is 4.42 Å². The summed E-state index contributed by atoms with van der Waals surface area (Å²) in [6.07, 6.45) is -0.614. The topological polar surface area (TPSA) is 33.4 Å². The third kappa shape index (κ3) is 2.33. The van der Waals surface area contributed by atoms with Crippen LogP contribution in [0, 0.1) is 41.5 Å². The molecule has 0 aliphatic rings. The van der Waals surface area contributed by atoms with Gasteiger partial charge in [0, 0.05) is 5.56 Å². The van der Waals surface area contributed by atoms with Crippen LogP contribution in [-0.2, 0) is 0 Å². The lowest BCUT2D eigenvalue weighted by molar-refractivity contribution is 0.216. The molecule has 0 aliphatic heterocycles. The second-order valence-corrected chi connectivity index (χ2v) is 5.45. The number of aliphatic hydroxyl groups excluding tert-OH is 1. The summed E-state index contributed by atoms with van der Waals surface area (Å²) >= 11 is 0. The second kappa shape index (κ2) is 4.86. The molecule has 2 nitrogen and oxygen atoms in total. The van der Waals surface area contributed by atoms with Gasteiger partial charge in [0.05, 0.1) is 0 Å². The molecule has 2 rings (SSSR count). The second-order valence-electron chi connectivity index (χ2n) is 5.45. The molecule has 102 valence electrons. The number of hydrogen-bond acceptors (Lipinski definition) is 2. The van der Waals surface area contributed by atoms with Crippen molar-refractivity contribution in [3.8, 4) is 0 Å². The molecule has 2 heteroatoms. The Morgan fingerprint density at radius 3 is 1.95 bits per heavy atom. The lowest BCUT2D eigenvalue weighted by Crippen LogP contribution is -2.05. The fraction of sp³-hybridized carbons (Fsp3) is 0.412. The van der Waals surface area contributed by atoms with E-state index in [1.807, 2.05) is 27.7 Å². The molecular formula is C17H22O2. The van der Waals surface area contributed by atoms with Crippen LogP contribution in [0.3, 0.4) is 0 Å². The van der Waals surface area contributed by atoms with E-state index in [-0.39, 0.29) is 0 Å². The fourth-order valence-electron chi connectivity index (χ4n) is 2.65. The van der Waals surface area contributed by atoms with Crippen molar-refractivity contribution in [3.05, 3.63) is 57.0 Å². The first-order chi connectivity index (χ1) is 8.82. The molecule has 0 aliphatic carbocycles. The SMILES string of the molecule is Cc1cc(C)c(C(O)c2c(C)oc(C)c2C)cc1C. The van der Waals surface area contributed by atoms with E-state index in [9.17, 15) is 5.11 Å². The van der Waals surface area contributed by atoms with Crippen LogP contribution in [0.2, 0.25) is 0 Å². The van der Waals surface area contributed by atoms with Crippen LogP contribution >= 0.6 is 0 Å². The van der Waals surface area contributed by atoms with Crippen LogP contribution in [0.15, 0.2) is 16.5 Å². The molecular weight excluding hydrogens is 236 g/mol. The van der Waals surface area contributed by atoms with Gasteiger partial charge < -0.3 is 9.52 Å². The van der Waals surface area contributed by atoms with Gasteiger partial charge in [-0.1, -0.05) is 12.1 Å².